The van der Waals surface area contributed by atoms with Crippen LogP contribution in [0.25, 0.3) is 16.9 Å². The minimum absolute atomic E-state index is 0.0415. The Hall–Kier alpha value is -3.26. The first-order valence-corrected chi connectivity index (χ1v) is 10.3. The Morgan fingerprint density at radius 2 is 2.00 bits per heavy atom. The van der Waals surface area contributed by atoms with E-state index in [0.29, 0.717) is 34.5 Å². The van der Waals surface area contributed by atoms with Crippen LogP contribution in [0.15, 0.2) is 53.6 Å². The third-order valence-corrected chi connectivity index (χ3v) is 5.51. The molecular formula is C22H21ClFN5O2. The van der Waals surface area contributed by atoms with Crippen molar-refractivity contribution >= 4 is 23.5 Å². The number of hydrogen-bond acceptors (Lipinski definition) is 5. The van der Waals surface area contributed by atoms with Crippen LogP contribution in [0.5, 0.6) is 0 Å². The number of amides is 1. The second-order valence-electron chi connectivity index (χ2n) is 7.44. The summed E-state index contributed by atoms with van der Waals surface area (Å²) in [7, 11) is 0. The fraction of sp³-hybridized carbons (Fsp3) is 0.273. The highest BCUT2D eigenvalue weighted by molar-refractivity contribution is 6.32. The minimum Gasteiger partial charge on any atom is -0.350 e. The second kappa shape index (κ2) is 8.85. The van der Waals surface area contributed by atoms with Crippen molar-refractivity contribution in [3.05, 3.63) is 70.0 Å². The van der Waals surface area contributed by atoms with Crippen molar-refractivity contribution in [3.8, 4) is 16.9 Å². The summed E-state index contributed by atoms with van der Waals surface area (Å²) >= 11 is 6.35. The van der Waals surface area contributed by atoms with Gasteiger partial charge >= 0.3 is 0 Å². The summed E-state index contributed by atoms with van der Waals surface area (Å²) in [4.78, 5) is 34.6. The van der Waals surface area contributed by atoms with Crippen molar-refractivity contribution in [2.24, 2.45) is 0 Å². The number of aromatic nitrogens is 3. The van der Waals surface area contributed by atoms with E-state index in [1.807, 2.05) is 0 Å². The zero-order chi connectivity index (χ0) is 22.0. The molecule has 0 saturated carbocycles. The highest BCUT2D eigenvalue weighted by atomic mass is 35.5. The fourth-order valence-electron chi connectivity index (χ4n) is 3.63. The quantitative estimate of drug-likeness (QED) is 0.670. The molecule has 0 radical (unpaired) electrons. The predicted octanol–water partition coefficient (Wildman–Crippen LogP) is 3.51. The van der Waals surface area contributed by atoms with Crippen LogP contribution in [0, 0.1) is 5.82 Å². The summed E-state index contributed by atoms with van der Waals surface area (Å²) in [6.07, 6.45) is 4.93. The molecule has 1 N–H and O–H groups in total. The molecule has 1 fully saturated rings. The lowest BCUT2D eigenvalue weighted by Gasteiger charge is -2.32. The molecule has 0 spiro atoms. The molecule has 2 aromatic heterocycles. The van der Waals surface area contributed by atoms with Crippen LogP contribution in [-0.2, 0) is 4.79 Å². The number of piperidine rings is 1. The normalized spacial score (nSPS) is 16.2. The van der Waals surface area contributed by atoms with E-state index in [-0.39, 0.29) is 23.3 Å². The van der Waals surface area contributed by atoms with Crippen molar-refractivity contribution in [1.29, 1.82) is 0 Å². The first-order chi connectivity index (χ1) is 14.9. The van der Waals surface area contributed by atoms with Crippen molar-refractivity contribution in [2.75, 3.05) is 18.4 Å². The van der Waals surface area contributed by atoms with Gasteiger partial charge in [0.1, 0.15) is 5.82 Å². The third-order valence-electron chi connectivity index (χ3n) is 5.23. The topological polar surface area (TPSA) is 80.1 Å². The number of rotatable bonds is 4. The van der Waals surface area contributed by atoms with E-state index < -0.39 is 0 Å². The standard InChI is InChI=1S/C22H21ClFN5O2/c1-14(30)28-10-2-3-17(13-28)26-22-25-11-19(23)21(27-22)15-4-9-20(31)29(12-15)18-7-5-16(24)6-8-18/h4-9,11-12,17H,2-3,10,13H2,1H3,(H,25,26,27)/t17-/m0/s1. The minimum atomic E-state index is -0.381. The number of pyridine rings is 1. The largest absolute Gasteiger partial charge is 0.350 e. The van der Waals surface area contributed by atoms with Gasteiger partial charge in [0.05, 0.1) is 16.9 Å². The first-order valence-electron chi connectivity index (χ1n) is 9.94. The van der Waals surface area contributed by atoms with E-state index in [9.17, 15) is 14.0 Å². The van der Waals surface area contributed by atoms with Gasteiger partial charge in [0.2, 0.25) is 11.9 Å². The van der Waals surface area contributed by atoms with Crippen LogP contribution in [-0.4, -0.2) is 44.5 Å². The number of carbonyl (C=O) groups excluding carboxylic acids is 1. The Bertz CT molecular complexity index is 1170. The second-order valence-corrected chi connectivity index (χ2v) is 7.85. The van der Waals surface area contributed by atoms with Crippen LogP contribution in [0.2, 0.25) is 5.02 Å². The van der Waals surface area contributed by atoms with Crippen LogP contribution in [0.4, 0.5) is 10.3 Å². The van der Waals surface area contributed by atoms with Gasteiger partial charge < -0.3 is 10.2 Å². The van der Waals surface area contributed by atoms with Gasteiger partial charge in [0.15, 0.2) is 0 Å². The smallest absolute Gasteiger partial charge is 0.255 e. The maximum Gasteiger partial charge on any atom is 0.255 e. The molecule has 4 rings (SSSR count). The van der Waals surface area contributed by atoms with E-state index >= 15 is 0 Å². The number of nitrogens with zero attached hydrogens (tertiary/aromatic N) is 4. The average molecular weight is 442 g/mol. The highest BCUT2D eigenvalue weighted by Crippen LogP contribution is 2.26. The summed E-state index contributed by atoms with van der Waals surface area (Å²) in [5.41, 5.74) is 1.36. The number of nitrogens with one attached hydrogen (secondary N) is 1. The molecule has 7 nitrogen and oxygen atoms in total. The van der Waals surface area contributed by atoms with Gasteiger partial charge in [-0.1, -0.05) is 11.6 Å². The van der Waals surface area contributed by atoms with E-state index in [2.05, 4.69) is 15.3 Å². The van der Waals surface area contributed by atoms with Crippen LogP contribution >= 0.6 is 11.6 Å². The van der Waals surface area contributed by atoms with Gasteiger partial charge in [-0.2, -0.15) is 0 Å². The molecule has 1 aromatic carbocycles. The Balaban J connectivity index is 1.63. The molecule has 1 aliphatic heterocycles. The SMILES string of the molecule is CC(=O)N1CCC[C@H](Nc2ncc(Cl)c(-c3ccc(=O)n(-c4ccc(F)cc4)c3)n2)C1. The van der Waals surface area contributed by atoms with Gasteiger partial charge in [0.25, 0.3) is 5.56 Å². The Kier molecular flexibility index (Phi) is 5.99. The van der Waals surface area contributed by atoms with Crippen LogP contribution in [0.1, 0.15) is 19.8 Å². The Labute approximate surface area is 183 Å². The molecule has 1 atom stereocenters. The van der Waals surface area contributed by atoms with Gasteiger partial charge in [-0.15, -0.1) is 0 Å². The summed E-state index contributed by atoms with van der Waals surface area (Å²) < 4.78 is 14.7. The van der Waals surface area contributed by atoms with Crippen molar-refractivity contribution in [2.45, 2.75) is 25.8 Å². The first kappa shape index (κ1) is 21.0. The molecule has 3 heterocycles. The summed E-state index contributed by atoms with van der Waals surface area (Å²) in [5, 5.41) is 3.62. The fourth-order valence-corrected chi connectivity index (χ4v) is 3.83. The molecule has 31 heavy (non-hydrogen) atoms. The van der Waals surface area contributed by atoms with Crippen molar-refractivity contribution < 1.29 is 9.18 Å². The number of halogens is 2. The number of anilines is 1. The van der Waals surface area contributed by atoms with Crippen molar-refractivity contribution in [1.82, 2.24) is 19.4 Å². The van der Waals surface area contributed by atoms with Crippen LogP contribution in [0.3, 0.4) is 0 Å². The average Bonchev–Trinajstić information content (AvgIpc) is 2.76. The van der Waals surface area contributed by atoms with E-state index in [0.717, 1.165) is 19.4 Å². The van der Waals surface area contributed by atoms with Gasteiger partial charge in [-0.05, 0) is 43.2 Å². The molecule has 1 aliphatic rings. The maximum absolute atomic E-state index is 13.3. The highest BCUT2D eigenvalue weighted by Gasteiger charge is 2.22. The zero-order valence-electron chi connectivity index (χ0n) is 16.9. The molecule has 0 bridgehead atoms. The van der Waals surface area contributed by atoms with E-state index in [1.165, 1.54) is 41.1 Å². The van der Waals surface area contributed by atoms with Gasteiger partial charge in [0, 0.05) is 49.6 Å². The number of carbonyl (C=O) groups is 1. The van der Waals surface area contributed by atoms with Crippen LogP contribution < -0.4 is 10.9 Å². The lowest BCUT2D eigenvalue weighted by Crippen LogP contribution is -2.44. The van der Waals surface area contributed by atoms with E-state index in [1.54, 1.807) is 24.1 Å². The summed E-state index contributed by atoms with van der Waals surface area (Å²) in [6.45, 7) is 2.91. The summed E-state index contributed by atoms with van der Waals surface area (Å²) in [5.74, 6) is 0.0650. The number of hydrogen-bond donors (Lipinski definition) is 1. The molecule has 160 valence electrons. The maximum atomic E-state index is 13.3. The van der Waals surface area contributed by atoms with Gasteiger partial charge in [-0.3, -0.25) is 14.2 Å². The molecule has 1 saturated heterocycles. The zero-order valence-corrected chi connectivity index (χ0v) is 17.6. The molecule has 0 unspecified atom stereocenters. The predicted molar refractivity (Wildman–Crippen MR) is 117 cm³/mol. The monoisotopic (exact) mass is 441 g/mol. The van der Waals surface area contributed by atoms with Crippen molar-refractivity contribution in [3.63, 3.8) is 0 Å². The molecule has 9 heteroatoms. The molecule has 0 aliphatic carbocycles. The lowest BCUT2D eigenvalue weighted by molar-refractivity contribution is -0.129. The number of likely N-dealkylation sites (tertiary alicyclic amines) is 1. The Morgan fingerprint density at radius 1 is 1.23 bits per heavy atom. The third kappa shape index (κ3) is 4.74. The molecule has 1 amide bonds. The number of benzene rings is 1. The molecule has 3 aromatic rings. The summed E-state index contributed by atoms with van der Waals surface area (Å²) in [6, 6.07) is 8.73. The molecular weight excluding hydrogens is 421 g/mol. The lowest BCUT2D eigenvalue weighted by atomic mass is 10.1. The van der Waals surface area contributed by atoms with E-state index in [4.69, 9.17) is 11.6 Å². The van der Waals surface area contributed by atoms with Gasteiger partial charge in [-0.25, -0.2) is 14.4 Å². The Morgan fingerprint density at radius 3 is 2.74 bits per heavy atom.